The van der Waals surface area contributed by atoms with Gasteiger partial charge in [0.1, 0.15) is 4.99 Å². The number of nitrogens with zero attached hydrogens (tertiary/aromatic N) is 1. The van der Waals surface area contributed by atoms with Crippen LogP contribution in [-0.2, 0) is 0 Å². The van der Waals surface area contributed by atoms with E-state index in [1.165, 1.54) is 38.5 Å². The van der Waals surface area contributed by atoms with E-state index in [0.717, 1.165) is 15.7 Å². The zero-order valence-electron chi connectivity index (χ0n) is 11.4. The second kappa shape index (κ2) is 6.71. The van der Waals surface area contributed by atoms with Crippen LogP contribution in [0.15, 0.2) is 22.7 Å². The Bertz CT molecular complexity index is 453. The summed E-state index contributed by atoms with van der Waals surface area (Å²) in [4.78, 5) is 2.84. The summed E-state index contributed by atoms with van der Waals surface area (Å²) in [5.41, 5.74) is 7.99. The van der Waals surface area contributed by atoms with Crippen molar-refractivity contribution in [3.8, 4) is 0 Å². The summed E-state index contributed by atoms with van der Waals surface area (Å²) in [5, 5.41) is 0. The van der Waals surface area contributed by atoms with Crippen LogP contribution in [-0.4, -0.2) is 18.1 Å². The summed E-state index contributed by atoms with van der Waals surface area (Å²) >= 11 is 8.68. The summed E-state index contributed by atoms with van der Waals surface area (Å²) in [6, 6.07) is 6.80. The Morgan fingerprint density at radius 2 is 1.89 bits per heavy atom. The molecule has 0 heterocycles. The fourth-order valence-electron chi connectivity index (χ4n) is 2.85. The Balaban J connectivity index is 2.26. The summed E-state index contributed by atoms with van der Waals surface area (Å²) in [5.74, 6) is 0. The van der Waals surface area contributed by atoms with Crippen LogP contribution in [0.5, 0.6) is 0 Å². The lowest BCUT2D eigenvalue weighted by Crippen LogP contribution is -2.32. The zero-order valence-corrected chi connectivity index (χ0v) is 13.8. The van der Waals surface area contributed by atoms with E-state index in [2.05, 4.69) is 40.0 Å². The van der Waals surface area contributed by atoms with Gasteiger partial charge in [0.2, 0.25) is 0 Å². The van der Waals surface area contributed by atoms with Gasteiger partial charge in [0.25, 0.3) is 0 Å². The molecule has 1 aliphatic rings. The quantitative estimate of drug-likeness (QED) is 0.659. The minimum atomic E-state index is 0.469. The van der Waals surface area contributed by atoms with Crippen molar-refractivity contribution >= 4 is 38.8 Å². The van der Waals surface area contributed by atoms with Gasteiger partial charge < -0.3 is 10.6 Å². The smallest absolute Gasteiger partial charge is 0.106 e. The molecule has 2 rings (SSSR count). The van der Waals surface area contributed by atoms with Crippen LogP contribution in [0, 0.1) is 0 Å². The number of anilines is 1. The number of hydrogen-bond acceptors (Lipinski definition) is 2. The fourth-order valence-corrected chi connectivity index (χ4v) is 3.38. The van der Waals surface area contributed by atoms with Crippen molar-refractivity contribution in [3.63, 3.8) is 0 Å². The minimum Gasteiger partial charge on any atom is -0.389 e. The topological polar surface area (TPSA) is 29.3 Å². The average Bonchev–Trinajstić information content (AvgIpc) is 2.66. The third-order valence-corrected chi connectivity index (χ3v) is 4.69. The number of thiocarbonyl (C=S) groups is 1. The molecule has 1 fully saturated rings. The van der Waals surface area contributed by atoms with E-state index in [4.69, 9.17) is 18.0 Å². The van der Waals surface area contributed by atoms with Crippen molar-refractivity contribution in [2.45, 2.75) is 44.6 Å². The molecule has 19 heavy (non-hydrogen) atoms. The van der Waals surface area contributed by atoms with Crippen molar-refractivity contribution in [1.82, 2.24) is 0 Å². The third kappa shape index (κ3) is 3.69. The molecule has 0 spiro atoms. The first-order valence-corrected chi connectivity index (χ1v) is 8.12. The van der Waals surface area contributed by atoms with Gasteiger partial charge in [0, 0.05) is 28.8 Å². The first-order chi connectivity index (χ1) is 9.09. The highest BCUT2D eigenvalue weighted by Gasteiger charge is 2.20. The van der Waals surface area contributed by atoms with Crippen molar-refractivity contribution in [2.24, 2.45) is 5.73 Å². The number of nitrogens with two attached hydrogens (primary N) is 1. The van der Waals surface area contributed by atoms with Crippen LogP contribution < -0.4 is 10.6 Å². The SMILES string of the molecule is CN(c1ccc(Br)cc1C(N)=S)C1CCCCCC1. The predicted octanol–water partition coefficient (Wildman–Crippen LogP) is 4.24. The van der Waals surface area contributed by atoms with E-state index < -0.39 is 0 Å². The lowest BCUT2D eigenvalue weighted by Gasteiger charge is -2.31. The molecular formula is C15H21BrN2S. The average molecular weight is 341 g/mol. The Morgan fingerprint density at radius 3 is 2.47 bits per heavy atom. The van der Waals surface area contributed by atoms with Crippen LogP contribution in [0.2, 0.25) is 0 Å². The largest absolute Gasteiger partial charge is 0.389 e. The molecule has 1 saturated carbocycles. The van der Waals surface area contributed by atoms with Crippen LogP contribution >= 0.6 is 28.1 Å². The first-order valence-electron chi connectivity index (χ1n) is 6.92. The maximum absolute atomic E-state index is 5.87. The van der Waals surface area contributed by atoms with E-state index in [-0.39, 0.29) is 0 Å². The maximum Gasteiger partial charge on any atom is 0.106 e. The fraction of sp³-hybridized carbons (Fsp3) is 0.533. The molecule has 0 radical (unpaired) electrons. The Kier molecular flexibility index (Phi) is 5.22. The lowest BCUT2D eigenvalue weighted by atomic mass is 10.0. The molecule has 0 saturated heterocycles. The first kappa shape index (κ1) is 14.8. The Hall–Kier alpha value is -0.610. The summed E-state index contributed by atoms with van der Waals surface area (Å²) in [6.45, 7) is 0. The second-order valence-corrected chi connectivity index (χ2v) is 6.64. The molecule has 0 aromatic heterocycles. The van der Waals surface area contributed by atoms with Gasteiger partial charge in [-0.15, -0.1) is 0 Å². The van der Waals surface area contributed by atoms with Crippen LogP contribution in [0.3, 0.4) is 0 Å². The molecule has 1 aliphatic carbocycles. The number of halogens is 1. The highest BCUT2D eigenvalue weighted by molar-refractivity contribution is 9.10. The summed E-state index contributed by atoms with van der Waals surface area (Å²) in [6.07, 6.45) is 7.92. The standard InChI is InChI=1S/C15H21BrN2S/c1-18(12-6-4-2-3-5-7-12)14-9-8-11(16)10-13(14)15(17)19/h8-10,12H,2-7H2,1H3,(H2,17,19). The van der Waals surface area contributed by atoms with E-state index in [0.29, 0.717) is 11.0 Å². The van der Waals surface area contributed by atoms with Crippen molar-refractivity contribution in [2.75, 3.05) is 11.9 Å². The van der Waals surface area contributed by atoms with Gasteiger partial charge >= 0.3 is 0 Å². The van der Waals surface area contributed by atoms with E-state index in [1.807, 2.05) is 6.07 Å². The van der Waals surface area contributed by atoms with Crippen molar-refractivity contribution in [1.29, 1.82) is 0 Å². The summed E-state index contributed by atoms with van der Waals surface area (Å²) < 4.78 is 1.02. The van der Waals surface area contributed by atoms with Gasteiger partial charge in [-0.05, 0) is 31.0 Å². The lowest BCUT2D eigenvalue weighted by molar-refractivity contribution is 0.553. The van der Waals surface area contributed by atoms with Crippen LogP contribution in [0.1, 0.15) is 44.1 Å². The molecule has 1 aromatic rings. The third-order valence-electron chi connectivity index (χ3n) is 3.98. The predicted molar refractivity (Wildman–Crippen MR) is 89.9 cm³/mol. The maximum atomic E-state index is 5.87. The van der Waals surface area contributed by atoms with Gasteiger partial charge in [-0.3, -0.25) is 0 Å². The second-order valence-electron chi connectivity index (χ2n) is 5.28. The van der Waals surface area contributed by atoms with Crippen LogP contribution in [0.4, 0.5) is 5.69 Å². The van der Waals surface area contributed by atoms with Gasteiger partial charge in [0.05, 0.1) is 0 Å². The van der Waals surface area contributed by atoms with E-state index in [9.17, 15) is 0 Å². The molecule has 2 nitrogen and oxygen atoms in total. The van der Waals surface area contributed by atoms with Crippen LogP contribution in [0.25, 0.3) is 0 Å². The highest BCUT2D eigenvalue weighted by atomic mass is 79.9. The Labute approximate surface area is 129 Å². The molecule has 0 amide bonds. The molecule has 4 heteroatoms. The highest BCUT2D eigenvalue weighted by Crippen LogP contribution is 2.29. The molecule has 0 unspecified atom stereocenters. The van der Waals surface area contributed by atoms with E-state index in [1.54, 1.807) is 0 Å². The molecular weight excluding hydrogens is 320 g/mol. The normalized spacial score (nSPS) is 16.9. The van der Waals surface area contributed by atoms with Gasteiger partial charge in [0.15, 0.2) is 0 Å². The molecule has 1 aromatic carbocycles. The Morgan fingerprint density at radius 1 is 1.26 bits per heavy atom. The molecule has 0 atom stereocenters. The monoisotopic (exact) mass is 340 g/mol. The van der Waals surface area contributed by atoms with Gasteiger partial charge in [-0.1, -0.05) is 53.8 Å². The zero-order chi connectivity index (χ0) is 13.8. The van der Waals surface area contributed by atoms with Crippen molar-refractivity contribution < 1.29 is 0 Å². The van der Waals surface area contributed by atoms with E-state index >= 15 is 0 Å². The van der Waals surface area contributed by atoms with Gasteiger partial charge in [-0.25, -0.2) is 0 Å². The molecule has 0 bridgehead atoms. The number of hydrogen-bond donors (Lipinski definition) is 1. The molecule has 0 aliphatic heterocycles. The van der Waals surface area contributed by atoms with Crippen molar-refractivity contribution in [3.05, 3.63) is 28.2 Å². The molecule has 104 valence electrons. The molecule has 2 N–H and O–H groups in total. The summed E-state index contributed by atoms with van der Waals surface area (Å²) in [7, 11) is 2.17. The number of benzene rings is 1. The number of rotatable bonds is 3. The van der Waals surface area contributed by atoms with Gasteiger partial charge in [-0.2, -0.15) is 0 Å². The minimum absolute atomic E-state index is 0.469.